The molecule has 0 aromatic heterocycles. The van der Waals surface area contributed by atoms with Crippen LogP contribution in [0.2, 0.25) is 0 Å². The average Bonchev–Trinajstić information content (AvgIpc) is 3.31. The molecule has 0 heterocycles. The molecule has 20 heavy (non-hydrogen) atoms. The van der Waals surface area contributed by atoms with E-state index in [-0.39, 0.29) is 0 Å². The van der Waals surface area contributed by atoms with Crippen molar-refractivity contribution in [2.24, 2.45) is 5.92 Å². The second kappa shape index (κ2) is 7.53. The summed E-state index contributed by atoms with van der Waals surface area (Å²) in [6.45, 7) is 3.34. The largest absolute Gasteiger partial charge is 0.496 e. The molecule has 3 heteroatoms. The van der Waals surface area contributed by atoms with Crippen LogP contribution in [0.1, 0.15) is 38.2 Å². The molecule has 1 N–H and O–H groups in total. The first kappa shape index (κ1) is 15.2. The highest BCUT2D eigenvalue weighted by molar-refractivity contribution is 5.44. The fourth-order valence-electron chi connectivity index (χ4n) is 2.81. The number of nitrogens with one attached hydrogen (secondary N) is 1. The molecular weight excluding hydrogens is 250 g/mol. The second-order valence-corrected chi connectivity index (χ2v) is 5.58. The molecule has 0 bridgehead atoms. The lowest BCUT2D eigenvalue weighted by Crippen LogP contribution is -2.32. The van der Waals surface area contributed by atoms with E-state index < -0.39 is 0 Å². The van der Waals surface area contributed by atoms with E-state index in [9.17, 15) is 0 Å². The van der Waals surface area contributed by atoms with Crippen LogP contribution in [0.15, 0.2) is 18.2 Å². The Labute approximate surface area is 122 Å². The van der Waals surface area contributed by atoms with Crippen LogP contribution in [-0.4, -0.2) is 26.8 Å². The van der Waals surface area contributed by atoms with E-state index in [0.717, 1.165) is 36.8 Å². The van der Waals surface area contributed by atoms with Crippen LogP contribution in [0.5, 0.6) is 11.5 Å². The van der Waals surface area contributed by atoms with Crippen molar-refractivity contribution in [3.63, 3.8) is 0 Å². The molecule has 3 nitrogen and oxygen atoms in total. The molecule has 112 valence electrons. The minimum atomic E-state index is 0.643. The van der Waals surface area contributed by atoms with E-state index in [1.165, 1.54) is 24.8 Å². The molecular formula is C17H27NO2. The van der Waals surface area contributed by atoms with Gasteiger partial charge in [0.05, 0.1) is 14.2 Å². The van der Waals surface area contributed by atoms with E-state index >= 15 is 0 Å². The Balaban J connectivity index is 2.01. The van der Waals surface area contributed by atoms with Crippen LogP contribution in [-0.2, 0) is 6.42 Å². The van der Waals surface area contributed by atoms with Gasteiger partial charge in [-0.05, 0) is 56.7 Å². The molecule has 0 spiro atoms. The minimum Gasteiger partial charge on any atom is -0.496 e. The lowest BCUT2D eigenvalue weighted by atomic mass is 10.0. The lowest BCUT2D eigenvalue weighted by molar-refractivity contribution is 0.377. The van der Waals surface area contributed by atoms with Crippen LogP contribution in [0.3, 0.4) is 0 Å². The molecule has 1 unspecified atom stereocenters. The summed E-state index contributed by atoms with van der Waals surface area (Å²) in [6.07, 6.45) is 6.11. The first-order valence-corrected chi connectivity index (χ1v) is 7.73. The highest BCUT2D eigenvalue weighted by atomic mass is 16.5. The molecule has 1 fully saturated rings. The SMILES string of the molecule is CCCNC(CCc1c(OC)cccc1OC)C1CC1. The summed E-state index contributed by atoms with van der Waals surface area (Å²) in [5, 5.41) is 3.69. The summed E-state index contributed by atoms with van der Waals surface area (Å²) in [6, 6.07) is 6.66. The Morgan fingerprint density at radius 3 is 2.35 bits per heavy atom. The summed E-state index contributed by atoms with van der Waals surface area (Å²) in [5.41, 5.74) is 1.20. The van der Waals surface area contributed by atoms with Crippen LogP contribution >= 0.6 is 0 Å². The highest BCUT2D eigenvalue weighted by Gasteiger charge is 2.30. The highest BCUT2D eigenvalue weighted by Crippen LogP contribution is 2.36. The van der Waals surface area contributed by atoms with E-state index in [1.54, 1.807) is 14.2 Å². The third kappa shape index (κ3) is 3.89. The van der Waals surface area contributed by atoms with Gasteiger partial charge in [0.25, 0.3) is 0 Å². The molecule has 1 aromatic rings. The van der Waals surface area contributed by atoms with Crippen molar-refractivity contribution < 1.29 is 9.47 Å². The number of rotatable bonds is 9. The number of benzene rings is 1. The maximum absolute atomic E-state index is 5.48. The zero-order chi connectivity index (χ0) is 14.4. The topological polar surface area (TPSA) is 30.5 Å². The molecule has 1 atom stereocenters. The summed E-state index contributed by atoms with van der Waals surface area (Å²) in [7, 11) is 3.46. The van der Waals surface area contributed by atoms with Crippen molar-refractivity contribution >= 4 is 0 Å². The zero-order valence-electron chi connectivity index (χ0n) is 12.9. The van der Waals surface area contributed by atoms with Crippen molar-refractivity contribution in [1.29, 1.82) is 0 Å². The van der Waals surface area contributed by atoms with Gasteiger partial charge >= 0.3 is 0 Å². The molecule has 0 radical (unpaired) electrons. The van der Waals surface area contributed by atoms with Gasteiger partial charge in [-0.3, -0.25) is 0 Å². The first-order chi connectivity index (χ1) is 9.80. The normalized spacial score (nSPS) is 15.9. The van der Waals surface area contributed by atoms with E-state index in [2.05, 4.69) is 12.2 Å². The molecule has 0 aliphatic heterocycles. The van der Waals surface area contributed by atoms with E-state index in [1.807, 2.05) is 18.2 Å². The third-order valence-electron chi connectivity index (χ3n) is 4.08. The average molecular weight is 277 g/mol. The summed E-state index contributed by atoms with van der Waals surface area (Å²) >= 11 is 0. The van der Waals surface area contributed by atoms with Gasteiger partial charge in [-0.15, -0.1) is 0 Å². The number of hydrogen-bond donors (Lipinski definition) is 1. The first-order valence-electron chi connectivity index (χ1n) is 7.73. The molecule has 0 saturated heterocycles. The smallest absolute Gasteiger partial charge is 0.125 e. The van der Waals surface area contributed by atoms with Crippen LogP contribution in [0, 0.1) is 5.92 Å². The summed E-state index contributed by atoms with van der Waals surface area (Å²) in [4.78, 5) is 0. The van der Waals surface area contributed by atoms with Crippen molar-refractivity contribution in [2.75, 3.05) is 20.8 Å². The molecule has 1 aliphatic rings. The predicted octanol–water partition coefficient (Wildman–Crippen LogP) is 3.41. The van der Waals surface area contributed by atoms with Gasteiger partial charge in [-0.1, -0.05) is 13.0 Å². The van der Waals surface area contributed by atoms with Gasteiger partial charge in [-0.2, -0.15) is 0 Å². The minimum absolute atomic E-state index is 0.643. The number of ether oxygens (including phenoxy) is 2. The summed E-state index contributed by atoms with van der Waals surface area (Å²) in [5.74, 6) is 2.76. The quantitative estimate of drug-likeness (QED) is 0.750. The fourth-order valence-corrected chi connectivity index (χ4v) is 2.81. The second-order valence-electron chi connectivity index (χ2n) is 5.58. The maximum Gasteiger partial charge on any atom is 0.125 e. The molecule has 1 aromatic carbocycles. The molecule has 0 amide bonds. The zero-order valence-corrected chi connectivity index (χ0v) is 12.9. The van der Waals surface area contributed by atoms with Crippen LogP contribution in [0.25, 0.3) is 0 Å². The van der Waals surface area contributed by atoms with Crippen molar-refractivity contribution in [2.45, 2.75) is 45.1 Å². The number of hydrogen-bond acceptors (Lipinski definition) is 3. The number of methoxy groups -OCH3 is 2. The van der Waals surface area contributed by atoms with Crippen molar-refractivity contribution in [1.82, 2.24) is 5.32 Å². The van der Waals surface area contributed by atoms with Crippen molar-refractivity contribution in [3.8, 4) is 11.5 Å². The Kier molecular flexibility index (Phi) is 5.72. The van der Waals surface area contributed by atoms with Gasteiger partial charge in [0, 0.05) is 11.6 Å². The Morgan fingerprint density at radius 1 is 1.20 bits per heavy atom. The van der Waals surface area contributed by atoms with Crippen LogP contribution in [0.4, 0.5) is 0 Å². The lowest BCUT2D eigenvalue weighted by Gasteiger charge is -2.19. The Morgan fingerprint density at radius 2 is 1.85 bits per heavy atom. The third-order valence-corrected chi connectivity index (χ3v) is 4.08. The van der Waals surface area contributed by atoms with Crippen molar-refractivity contribution in [3.05, 3.63) is 23.8 Å². The fraction of sp³-hybridized carbons (Fsp3) is 0.647. The molecule has 2 rings (SSSR count). The van der Waals surface area contributed by atoms with Gasteiger partial charge in [0.2, 0.25) is 0 Å². The standard InChI is InChI=1S/C17H27NO2/c1-4-12-18-15(13-8-9-13)11-10-14-16(19-2)6-5-7-17(14)20-3/h5-7,13,15,18H,4,8-12H2,1-3H3. The molecule has 1 saturated carbocycles. The predicted molar refractivity (Wildman–Crippen MR) is 82.7 cm³/mol. The van der Waals surface area contributed by atoms with E-state index in [0.29, 0.717) is 6.04 Å². The van der Waals surface area contributed by atoms with E-state index in [4.69, 9.17) is 9.47 Å². The van der Waals surface area contributed by atoms with Gasteiger partial charge in [0.1, 0.15) is 11.5 Å². The monoisotopic (exact) mass is 277 g/mol. The van der Waals surface area contributed by atoms with Gasteiger partial charge < -0.3 is 14.8 Å². The van der Waals surface area contributed by atoms with Gasteiger partial charge in [-0.25, -0.2) is 0 Å². The Bertz CT molecular complexity index is 393. The Hall–Kier alpha value is -1.22. The molecule has 1 aliphatic carbocycles. The van der Waals surface area contributed by atoms with Gasteiger partial charge in [0.15, 0.2) is 0 Å². The maximum atomic E-state index is 5.48. The van der Waals surface area contributed by atoms with Crippen LogP contribution < -0.4 is 14.8 Å². The summed E-state index contributed by atoms with van der Waals surface area (Å²) < 4.78 is 11.0.